The van der Waals surface area contributed by atoms with Gasteiger partial charge >= 0.3 is 0 Å². The van der Waals surface area contributed by atoms with Crippen molar-refractivity contribution in [3.63, 3.8) is 0 Å². The van der Waals surface area contributed by atoms with Crippen molar-refractivity contribution in [2.75, 3.05) is 0 Å². The van der Waals surface area contributed by atoms with E-state index < -0.39 is 11.6 Å². The van der Waals surface area contributed by atoms with Gasteiger partial charge in [-0.15, -0.1) is 0 Å². The summed E-state index contributed by atoms with van der Waals surface area (Å²) < 4.78 is 33.8. The van der Waals surface area contributed by atoms with Gasteiger partial charge in [0.1, 0.15) is 17.2 Å². The number of hydrogen-bond acceptors (Lipinski definition) is 3. The van der Waals surface area contributed by atoms with Crippen LogP contribution in [-0.2, 0) is 19.5 Å². The molecule has 0 aliphatic heterocycles. The van der Waals surface area contributed by atoms with E-state index in [0.717, 1.165) is 35.7 Å². The lowest BCUT2D eigenvalue weighted by Gasteiger charge is -2.22. The van der Waals surface area contributed by atoms with Crippen LogP contribution < -0.4 is 0 Å². The molecule has 3 aromatic carbocycles. The van der Waals surface area contributed by atoms with E-state index in [-0.39, 0.29) is 24.6 Å². The molecule has 0 bridgehead atoms. The normalized spacial score (nSPS) is 11.1. The molecular formula is C25H22F2N2O2. The van der Waals surface area contributed by atoms with Crippen LogP contribution in [0.2, 0.25) is 0 Å². The summed E-state index contributed by atoms with van der Waals surface area (Å²) in [6.07, 6.45) is 0.856. The summed E-state index contributed by atoms with van der Waals surface area (Å²) in [6, 6.07) is 16.1. The minimum absolute atomic E-state index is 0.0258. The first-order chi connectivity index (χ1) is 14.9. The predicted molar refractivity (Wildman–Crippen MR) is 115 cm³/mol. The van der Waals surface area contributed by atoms with Gasteiger partial charge < -0.3 is 9.32 Å². The van der Waals surface area contributed by atoms with Crippen LogP contribution in [0.3, 0.4) is 0 Å². The van der Waals surface area contributed by atoms with E-state index in [0.29, 0.717) is 22.6 Å². The Balaban J connectivity index is 1.67. The second-order valence-corrected chi connectivity index (χ2v) is 7.53. The number of benzene rings is 3. The predicted octanol–water partition coefficient (Wildman–Crippen LogP) is 5.82. The maximum absolute atomic E-state index is 14.3. The maximum atomic E-state index is 14.3. The standard InChI is InChI=1S/C25H22F2N2O2/c1-3-17-5-7-18(8-6-17)25(30)29(14-19-13-20(26)9-10-21(19)27)15-24-28-22-12-16(2)4-11-23(22)31-24/h4-13H,3,14-15H2,1-2H3. The number of rotatable bonds is 6. The molecule has 0 spiro atoms. The first-order valence-electron chi connectivity index (χ1n) is 10.1. The number of nitrogens with zero attached hydrogens (tertiary/aromatic N) is 2. The first-order valence-corrected chi connectivity index (χ1v) is 10.1. The van der Waals surface area contributed by atoms with Gasteiger partial charge in [-0.3, -0.25) is 4.79 Å². The van der Waals surface area contributed by atoms with E-state index in [9.17, 15) is 13.6 Å². The summed E-state index contributed by atoms with van der Waals surface area (Å²) in [5, 5.41) is 0. The quantitative estimate of drug-likeness (QED) is 0.395. The van der Waals surface area contributed by atoms with Gasteiger partial charge in [0.2, 0.25) is 5.89 Å². The van der Waals surface area contributed by atoms with Gasteiger partial charge in [-0.2, -0.15) is 0 Å². The van der Waals surface area contributed by atoms with E-state index in [2.05, 4.69) is 4.98 Å². The van der Waals surface area contributed by atoms with Crippen molar-refractivity contribution in [1.82, 2.24) is 9.88 Å². The van der Waals surface area contributed by atoms with Crippen LogP contribution in [0.15, 0.2) is 65.1 Å². The number of amides is 1. The summed E-state index contributed by atoms with van der Waals surface area (Å²) >= 11 is 0. The molecule has 4 rings (SSSR count). The third-order valence-electron chi connectivity index (χ3n) is 5.18. The molecule has 158 valence electrons. The summed E-state index contributed by atoms with van der Waals surface area (Å²) in [4.78, 5) is 19.1. The molecule has 1 heterocycles. The molecular weight excluding hydrogens is 398 g/mol. The smallest absolute Gasteiger partial charge is 0.254 e. The van der Waals surface area contributed by atoms with Crippen LogP contribution in [-0.4, -0.2) is 15.8 Å². The van der Waals surface area contributed by atoms with Crippen molar-refractivity contribution in [2.45, 2.75) is 33.4 Å². The molecule has 1 amide bonds. The summed E-state index contributed by atoms with van der Waals surface area (Å²) in [5.41, 5.74) is 3.99. The number of carbonyl (C=O) groups is 1. The Bertz CT molecular complexity index is 1230. The second kappa shape index (κ2) is 8.68. The van der Waals surface area contributed by atoms with Crippen LogP contribution in [0, 0.1) is 18.6 Å². The zero-order valence-corrected chi connectivity index (χ0v) is 17.4. The van der Waals surface area contributed by atoms with Crippen molar-refractivity contribution in [1.29, 1.82) is 0 Å². The van der Waals surface area contributed by atoms with E-state index in [1.807, 2.05) is 44.2 Å². The van der Waals surface area contributed by atoms with Gasteiger partial charge in [0, 0.05) is 17.7 Å². The lowest BCUT2D eigenvalue weighted by molar-refractivity contribution is 0.0713. The average molecular weight is 420 g/mol. The molecule has 31 heavy (non-hydrogen) atoms. The van der Waals surface area contributed by atoms with Gasteiger partial charge in [0.15, 0.2) is 5.58 Å². The van der Waals surface area contributed by atoms with Crippen LogP contribution in [0.1, 0.15) is 39.9 Å². The van der Waals surface area contributed by atoms with Gasteiger partial charge in [-0.25, -0.2) is 13.8 Å². The minimum atomic E-state index is -0.575. The number of carbonyl (C=O) groups excluding carboxylic acids is 1. The SMILES string of the molecule is CCc1ccc(C(=O)N(Cc2nc3cc(C)ccc3o2)Cc2cc(F)ccc2F)cc1. The van der Waals surface area contributed by atoms with Crippen molar-refractivity contribution in [2.24, 2.45) is 0 Å². The number of hydrogen-bond donors (Lipinski definition) is 0. The third kappa shape index (κ3) is 4.63. The highest BCUT2D eigenvalue weighted by atomic mass is 19.1. The first kappa shape index (κ1) is 20.7. The Labute approximate surface area is 179 Å². The van der Waals surface area contributed by atoms with Crippen molar-refractivity contribution >= 4 is 17.0 Å². The molecule has 0 aliphatic carbocycles. The number of halogens is 2. The Hall–Kier alpha value is -3.54. The molecule has 1 aromatic heterocycles. The topological polar surface area (TPSA) is 46.3 Å². The van der Waals surface area contributed by atoms with E-state index >= 15 is 0 Å². The highest BCUT2D eigenvalue weighted by Crippen LogP contribution is 2.21. The molecule has 0 aliphatic rings. The molecule has 6 heteroatoms. The Morgan fingerprint density at radius 1 is 1.00 bits per heavy atom. The van der Waals surface area contributed by atoms with E-state index in [1.54, 1.807) is 12.1 Å². The lowest BCUT2D eigenvalue weighted by atomic mass is 10.1. The summed E-state index contributed by atoms with van der Waals surface area (Å²) in [5.74, 6) is -1.12. The number of fused-ring (bicyclic) bond motifs is 1. The van der Waals surface area contributed by atoms with Crippen molar-refractivity contribution in [3.8, 4) is 0 Å². The Morgan fingerprint density at radius 2 is 1.77 bits per heavy atom. The van der Waals surface area contributed by atoms with E-state index in [1.165, 1.54) is 4.90 Å². The largest absolute Gasteiger partial charge is 0.439 e. The van der Waals surface area contributed by atoms with Crippen molar-refractivity contribution in [3.05, 3.63) is 100 Å². The Morgan fingerprint density at radius 3 is 2.52 bits per heavy atom. The Kier molecular flexibility index (Phi) is 5.80. The minimum Gasteiger partial charge on any atom is -0.439 e. The second-order valence-electron chi connectivity index (χ2n) is 7.53. The summed E-state index contributed by atoms with van der Waals surface area (Å²) in [6.45, 7) is 3.90. The van der Waals surface area contributed by atoms with Crippen LogP contribution in [0.25, 0.3) is 11.1 Å². The molecule has 0 unspecified atom stereocenters. The number of oxazole rings is 1. The zero-order valence-electron chi connectivity index (χ0n) is 17.4. The summed E-state index contributed by atoms with van der Waals surface area (Å²) in [7, 11) is 0. The van der Waals surface area contributed by atoms with Crippen LogP contribution >= 0.6 is 0 Å². The molecule has 4 aromatic rings. The highest BCUT2D eigenvalue weighted by molar-refractivity contribution is 5.94. The number of aromatic nitrogens is 1. The zero-order chi connectivity index (χ0) is 22.0. The monoisotopic (exact) mass is 420 g/mol. The highest BCUT2D eigenvalue weighted by Gasteiger charge is 2.21. The van der Waals surface area contributed by atoms with Gasteiger partial charge in [0.25, 0.3) is 5.91 Å². The van der Waals surface area contributed by atoms with Gasteiger partial charge in [-0.05, 0) is 66.9 Å². The van der Waals surface area contributed by atoms with Gasteiger partial charge in [-0.1, -0.05) is 25.1 Å². The molecule has 0 fully saturated rings. The molecule has 0 atom stereocenters. The van der Waals surface area contributed by atoms with Crippen molar-refractivity contribution < 1.29 is 18.0 Å². The third-order valence-corrected chi connectivity index (χ3v) is 5.18. The maximum Gasteiger partial charge on any atom is 0.254 e. The van der Waals surface area contributed by atoms with Crippen LogP contribution in [0.4, 0.5) is 8.78 Å². The lowest BCUT2D eigenvalue weighted by Crippen LogP contribution is -2.30. The fourth-order valence-electron chi connectivity index (χ4n) is 3.45. The molecule has 4 nitrogen and oxygen atoms in total. The molecule has 0 N–H and O–H groups in total. The van der Waals surface area contributed by atoms with Gasteiger partial charge in [0.05, 0.1) is 6.54 Å². The fourth-order valence-corrected chi connectivity index (χ4v) is 3.45. The van der Waals surface area contributed by atoms with Crippen LogP contribution in [0.5, 0.6) is 0 Å². The molecule has 0 saturated carbocycles. The molecule has 0 saturated heterocycles. The fraction of sp³-hybridized carbons (Fsp3) is 0.200. The average Bonchev–Trinajstić information content (AvgIpc) is 3.16. The number of aryl methyl sites for hydroxylation is 2. The van der Waals surface area contributed by atoms with E-state index in [4.69, 9.17) is 4.42 Å². The molecule has 0 radical (unpaired) electrons.